The van der Waals surface area contributed by atoms with Gasteiger partial charge < -0.3 is 40.3 Å². The van der Waals surface area contributed by atoms with Crippen molar-refractivity contribution in [1.29, 1.82) is 0 Å². The minimum atomic E-state index is -1.55. The fourth-order valence-electron chi connectivity index (χ4n) is 6.97. The molecule has 0 bridgehead atoms. The third-order valence-corrected chi connectivity index (χ3v) is 10.6. The largest absolute Gasteiger partial charge is 0.394 e. The van der Waals surface area contributed by atoms with Crippen molar-refractivity contribution in [1.82, 2.24) is 5.32 Å². The maximum absolute atomic E-state index is 12.9. The Morgan fingerprint density at radius 3 is 1.60 bits per heavy atom. The SMILES string of the molecule is CCCCCC/C=C/C=C\CCCCCCCCCC(=O)N[C@@H](COC1OC(CO)C(O)C(O)C1O)[C@H](O)CCCCCCCCCCCCCCC. The van der Waals surface area contributed by atoms with Crippen molar-refractivity contribution in [2.24, 2.45) is 0 Å². The summed E-state index contributed by atoms with van der Waals surface area (Å²) in [6.45, 7) is 3.80. The Balaban J connectivity index is 2.36. The minimum Gasteiger partial charge on any atom is -0.394 e. The lowest BCUT2D eigenvalue weighted by Crippen LogP contribution is -2.60. The highest BCUT2D eigenvalue weighted by Gasteiger charge is 2.44. The second-order valence-electron chi connectivity index (χ2n) is 15.5. The summed E-state index contributed by atoms with van der Waals surface area (Å²) in [7, 11) is 0. The molecule has 1 aliphatic rings. The Kier molecular flexibility index (Phi) is 32.9. The molecule has 1 heterocycles. The summed E-state index contributed by atoms with van der Waals surface area (Å²) in [5, 5.41) is 54.2. The predicted octanol–water partition coefficient (Wildman–Crippen LogP) is 8.72. The molecule has 1 aliphatic heterocycles. The van der Waals surface area contributed by atoms with Crippen LogP contribution in [0.1, 0.15) is 194 Å². The molecule has 0 radical (unpaired) electrons. The molecule has 1 rings (SSSR count). The van der Waals surface area contributed by atoms with E-state index in [4.69, 9.17) is 9.47 Å². The zero-order valence-corrected chi connectivity index (χ0v) is 34.0. The van der Waals surface area contributed by atoms with Crippen molar-refractivity contribution in [3.63, 3.8) is 0 Å². The summed E-state index contributed by atoms with van der Waals surface area (Å²) < 4.78 is 11.2. The van der Waals surface area contributed by atoms with E-state index in [2.05, 4.69) is 43.5 Å². The van der Waals surface area contributed by atoms with E-state index >= 15 is 0 Å². The molecule has 0 spiro atoms. The Morgan fingerprint density at radius 1 is 0.642 bits per heavy atom. The van der Waals surface area contributed by atoms with E-state index in [0.717, 1.165) is 51.4 Å². The lowest BCUT2D eigenvalue weighted by atomic mass is 9.99. The molecule has 9 heteroatoms. The summed E-state index contributed by atoms with van der Waals surface area (Å²) in [6, 6.07) is -0.720. The maximum Gasteiger partial charge on any atom is 0.220 e. The van der Waals surface area contributed by atoms with Crippen molar-refractivity contribution in [3.05, 3.63) is 24.3 Å². The molecule has 5 unspecified atom stereocenters. The van der Waals surface area contributed by atoms with Gasteiger partial charge in [0.25, 0.3) is 0 Å². The van der Waals surface area contributed by atoms with Crippen LogP contribution in [-0.2, 0) is 14.3 Å². The Hall–Kier alpha value is -1.33. The van der Waals surface area contributed by atoms with E-state index in [-0.39, 0.29) is 12.5 Å². The van der Waals surface area contributed by atoms with Crippen molar-refractivity contribution in [2.75, 3.05) is 13.2 Å². The van der Waals surface area contributed by atoms with Gasteiger partial charge in [-0.1, -0.05) is 173 Å². The number of rotatable bonds is 36. The Labute approximate surface area is 324 Å². The van der Waals surface area contributed by atoms with Gasteiger partial charge in [0.1, 0.15) is 24.4 Å². The molecule has 0 saturated carbocycles. The normalized spacial score (nSPS) is 21.8. The van der Waals surface area contributed by atoms with Crippen LogP contribution in [-0.4, -0.2) is 87.5 Å². The van der Waals surface area contributed by atoms with Crippen molar-refractivity contribution in [2.45, 2.75) is 236 Å². The maximum atomic E-state index is 12.9. The molecule has 1 fully saturated rings. The van der Waals surface area contributed by atoms with E-state index in [0.29, 0.717) is 12.8 Å². The number of unbranched alkanes of at least 4 members (excludes halogenated alkanes) is 23. The monoisotopic (exact) mass is 754 g/mol. The van der Waals surface area contributed by atoms with Crippen LogP contribution < -0.4 is 5.32 Å². The molecule has 53 heavy (non-hydrogen) atoms. The first-order valence-corrected chi connectivity index (χ1v) is 22.1. The zero-order chi connectivity index (χ0) is 38.8. The number of hydrogen-bond acceptors (Lipinski definition) is 8. The molecule has 1 amide bonds. The van der Waals surface area contributed by atoms with Gasteiger partial charge in [-0.2, -0.15) is 0 Å². The van der Waals surface area contributed by atoms with Crippen LogP contribution in [0.3, 0.4) is 0 Å². The molecular formula is C44H83NO8. The number of aliphatic hydroxyl groups is 5. The first kappa shape index (κ1) is 49.7. The average molecular weight is 754 g/mol. The highest BCUT2D eigenvalue weighted by atomic mass is 16.7. The Morgan fingerprint density at radius 2 is 1.09 bits per heavy atom. The molecule has 6 N–H and O–H groups in total. The topological polar surface area (TPSA) is 149 Å². The molecule has 7 atom stereocenters. The third-order valence-electron chi connectivity index (χ3n) is 10.6. The van der Waals surface area contributed by atoms with Crippen molar-refractivity contribution < 1.29 is 39.8 Å². The summed E-state index contributed by atoms with van der Waals surface area (Å²) in [5.41, 5.74) is 0. The molecule has 0 aromatic carbocycles. The first-order valence-electron chi connectivity index (χ1n) is 22.1. The molecular weight excluding hydrogens is 670 g/mol. The highest BCUT2D eigenvalue weighted by molar-refractivity contribution is 5.76. The van der Waals surface area contributed by atoms with Crippen LogP contribution in [0.25, 0.3) is 0 Å². The van der Waals surface area contributed by atoms with Crippen LogP contribution >= 0.6 is 0 Å². The molecule has 0 aliphatic carbocycles. The predicted molar refractivity (Wildman–Crippen MR) is 217 cm³/mol. The number of carbonyl (C=O) groups is 1. The van der Waals surface area contributed by atoms with Crippen molar-refractivity contribution >= 4 is 5.91 Å². The van der Waals surface area contributed by atoms with Gasteiger partial charge in [-0.15, -0.1) is 0 Å². The molecule has 312 valence electrons. The summed E-state index contributed by atoms with van der Waals surface area (Å²) >= 11 is 0. The van der Waals surface area contributed by atoms with Gasteiger partial charge >= 0.3 is 0 Å². The fraction of sp³-hybridized carbons (Fsp3) is 0.886. The van der Waals surface area contributed by atoms with E-state index in [1.165, 1.54) is 116 Å². The van der Waals surface area contributed by atoms with E-state index < -0.39 is 49.5 Å². The average Bonchev–Trinajstić information content (AvgIpc) is 3.16. The summed E-state index contributed by atoms with van der Waals surface area (Å²) in [6.07, 6.45) is 33.2. The van der Waals surface area contributed by atoms with Gasteiger partial charge in [0, 0.05) is 6.42 Å². The number of allylic oxidation sites excluding steroid dienone is 4. The van der Waals surface area contributed by atoms with Gasteiger partial charge in [0.15, 0.2) is 6.29 Å². The zero-order valence-electron chi connectivity index (χ0n) is 34.0. The third kappa shape index (κ3) is 26.2. The smallest absolute Gasteiger partial charge is 0.220 e. The molecule has 1 saturated heterocycles. The quantitative estimate of drug-likeness (QED) is 0.0275. The molecule has 9 nitrogen and oxygen atoms in total. The summed E-state index contributed by atoms with van der Waals surface area (Å²) in [5.74, 6) is -0.154. The second-order valence-corrected chi connectivity index (χ2v) is 15.5. The second kappa shape index (κ2) is 35.1. The van der Waals surface area contributed by atoms with E-state index in [1.807, 2.05) is 0 Å². The van der Waals surface area contributed by atoms with Gasteiger partial charge in [-0.25, -0.2) is 0 Å². The van der Waals surface area contributed by atoms with Gasteiger partial charge in [-0.3, -0.25) is 4.79 Å². The lowest BCUT2D eigenvalue weighted by molar-refractivity contribution is -0.302. The fourth-order valence-corrected chi connectivity index (χ4v) is 6.97. The van der Waals surface area contributed by atoms with Crippen LogP contribution in [0.5, 0.6) is 0 Å². The van der Waals surface area contributed by atoms with Crippen molar-refractivity contribution in [3.8, 4) is 0 Å². The highest BCUT2D eigenvalue weighted by Crippen LogP contribution is 2.23. The number of aliphatic hydroxyl groups excluding tert-OH is 5. The van der Waals surface area contributed by atoms with Gasteiger partial charge in [0.2, 0.25) is 5.91 Å². The van der Waals surface area contributed by atoms with Gasteiger partial charge in [-0.05, 0) is 38.5 Å². The number of carbonyl (C=O) groups excluding carboxylic acids is 1. The number of ether oxygens (including phenoxy) is 2. The number of hydrogen-bond donors (Lipinski definition) is 6. The van der Waals surface area contributed by atoms with Crippen LogP contribution in [0.2, 0.25) is 0 Å². The standard InChI is InChI=1S/C44H83NO8/c1-3-5-7-9-11-13-15-17-18-19-20-22-24-26-28-30-32-34-40(48)45-37(36-52-44-43(51)42(50)41(49)39(35-46)53-44)38(47)33-31-29-27-25-23-21-16-14-12-10-8-6-4-2/h13,15,17-18,37-39,41-44,46-47,49-51H,3-12,14,16,19-36H2,1-2H3,(H,45,48)/b15-13+,18-17-/t37-,38+,39?,41?,42?,43?,44?/m0/s1. The molecule has 0 aromatic rings. The molecule has 0 aromatic heterocycles. The van der Waals surface area contributed by atoms with Gasteiger partial charge in [0.05, 0.1) is 25.4 Å². The Bertz CT molecular complexity index is 883. The lowest BCUT2D eigenvalue weighted by Gasteiger charge is -2.40. The van der Waals surface area contributed by atoms with Crippen LogP contribution in [0, 0.1) is 0 Å². The van der Waals surface area contributed by atoms with Crippen LogP contribution in [0.15, 0.2) is 24.3 Å². The first-order chi connectivity index (χ1) is 25.8. The van der Waals surface area contributed by atoms with Crippen LogP contribution in [0.4, 0.5) is 0 Å². The summed E-state index contributed by atoms with van der Waals surface area (Å²) in [4.78, 5) is 12.9. The van der Waals surface area contributed by atoms with E-state index in [1.54, 1.807) is 0 Å². The van der Waals surface area contributed by atoms with E-state index in [9.17, 15) is 30.3 Å². The number of nitrogens with one attached hydrogen (secondary N) is 1. The number of amides is 1. The minimum absolute atomic E-state index is 0.140.